The number of rotatable bonds is 7. The van der Waals surface area contributed by atoms with Crippen LogP contribution >= 0.6 is 0 Å². The molecule has 0 fully saturated rings. The largest absolute Gasteiger partial charge is 0.478 e. The van der Waals surface area contributed by atoms with Crippen molar-refractivity contribution in [3.05, 3.63) is 65.5 Å². The minimum Gasteiger partial charge on any atom is -0.478 e. The van der Waals surface area contributed by atoms with Crippen LogP contribution in [0, 0.1) is 5.82 Å². The molecule has 0 heterocycles. The van der Waals surface area contributed by atoms with Gasteiger partial charge in [0.2, 0.25) is 0 Å². The summed E-state index contributed by atoms with van der Waals surface area (Å²) < 4.78 is 24.3. The van der Waals surface area contributed by atoms with Crippen LogP contribution in [0.15, 0.2) is 48.5 Å². The van der Waals surface area contributed by atoms with Crippen LogP contribution in [-0.4, -0.2) is 24.0 Å². The first kappa shape index (κ1) is 20.4. The van der Waals surface area contributed by atoms with E-state index >= 15 is 0 Å². The van der Waals surface area contributed by atoms with E-state index in [2.05, 4.69) is 10.9 Å². The van der Waals surface area contributed by atoms with Gasteiger partial charge in [0, 0.05) is 5.56 Å². The van der Waals surface area contributed by atoms with Gasteiger partial charge in [-0.25, -0.2) is 4.39 Å². The minimum absolute atomic E-state index is 0.0364. The molecule has 2 amide bonds. The highest BCUT2D eigenvalue weighted by Gasteiger charge is 2.17. The Labute approximate surface area is 157 Å². The molecule has 0 radical (unpaired) electrons. The van der Waals surface area contributed by atoms with Crippen LogP contribution in [0.4, 0.5) is 4.39 Å². The molecule has 144 valence electrons. The normalized spacial score (nSPS) is 11.7. The third kappa shape index (κ3) is 6.38. The second-order valence-electron chi connectivity index (χ2n) is 6.19. The summed E-state index contributed by atoms with van der Waals surface area (Å²) in [4.78, 5) is 24.1. The average Bonchev–Trinajstić information content (AvgIpc) is 2.66. The molecule has 0 bridgehead atoms. The highest BCUT2D eigenvalue weighted by Crippen LogP contribution is 2.16. The lowest BCUT2D eigenvalue weighted by Crippen LogP contribution is -2.47. The van der Waals surface area contributed by atoms with Crippen molar-refractivity contribution in [2.45, 2.75) is 39.6 Å². The summed E-state index contributed by atoms with van der Waals surface area (Å²) in [5.41, 5.74) is 5.89. The number of hydrogen-bond donors (Lipinski definition) is 2. The van der Waals surface area contributed by atoms with E-state index in [-0.39, 0.29) is 11.9 Å². The van der Waals surface area contributed by atoms with Crippen LogP contribution in [-0.2, 0) is 16.1 Å². The number of carbonyl (C=O) groups is 2. The molecule has 2 aromatic carbocycles. The zero-order valence-electron chi connectivity index (χ0n) is 15.5. The number of ether oxygens (including phenoxy) is 2. The quantitative estimate of drug-likeness (QED) is 0.731. The van der Waals surface area contributed by atoms with Crippen LogP contribution in [0.3, 0.4) is 0 Å². The molecule has 0 saturated heterocycles. The van der Waals surface area contributed by atoms with Crippen molar-refractivity contribution in [1.29, 1.82) is 0 Å². The van der Waals surface area contributed by atoms with Crippen molar-refractivity contribution in [1.82, 2.24) is 10.9 Å². The van der Waals surface area contributed by atoms with E-state index in [1.165, 1.54) is 25.1 Å². The first-order chi connectivity index (χ1) is 12.9. The van der Waals surface area contributed by atoms with Crippen LogP contribution < -0.4 is 15.6 Å². The first-order valence-corrected chi connectivity index (χ1v) is 8.58. The molecular weight excluding hydrogens is 351 g/mol. The molecule has 7 heteroatoms. The van der Waals surface area contributed by atoms with Gasteiger partial charge in [-0.05, 0) is 50.6 Å². The Balaban J connectivity index is 1.83. The Morgan fingerprint density at radius 2 is 1.67 bits per heavy atom. The molecule has 2 N–H and O–H groups in total. The Morgan fingerprint density at radius 3 is 2.30 bits per heavy atom. The van der Waals surface area contributed by atoms with Crippen molar-refractivity contribution in [3.63, 3.8) is 0 Å². The van der Waals surface area contributed by atoms with E-state index in [1.54, 1.807) is 30.3 Å². The molecule has 2 rings (SSSR count). The van der Waals surface area contributed by atoms with Crippen LogP contribution in [0.1, 0.15) is 36.7 Å². The molecular formula is C20H23FN2O4. The molecule has 1 atom stereocenters. The lowest BCUT2D eigenvalue weighted by molar-refractivity contribution is -0.128. The van der Waals surface area contributed by atoms with Gasteiger partial charge in [0.25, 0.3) is 11.8 Å². The maximum atomic E-state index is 13.5. The van der Waals surface area contributed by atoms with E-state index in [0.29, 0.717) is 12.2 Å². The second kappa shape index (κ2) is 9.68. The zero-order chi connectivity index (χ0) is 19.8. The van der Waals surface area contributed by atoms with Crippen LogP contribution in [0.2, 0.25) is 0 Å². The van der Waals surface area contributed by atoms with E-state index in [0.717, 1.165) is 5.56 Å². The number of amides is 2. The third-order valence-electron chi connectivity index (χ3n) is 3.61. The van der Waals surface area contributed by atoms with Crippen molar-refractivity contribution >= 4 is 11.8 Å². The predicted octanol–water partition coefficient (Wildman–Crippen LogP) is 2.98. The van der Waals surface area contributed by atoms with Gasteiger partial charge < -0.3 is 9.47 Å². The Hall–Kier alpha value is -2.93. The summed E-state index contributed by atoms with van der Waals surface area (Å²) >= 11 is 0. The molecule has 6 nitrogen and oxygen atoms in total. The number of hydrazine groups is 1. The molecule has 2 aromatic rings. The highest BCUT2D eigenvalue weighted by molar-refractivity contribution is 5.95. The molecule has 0 saturated carbocycles. The van der Waals surface area contributed by atoms with E-state index in [9.17, 15) is 14.0 Å². The second-order valence-corrected chi connectivity index (χ2v) is 6.19. The maximum Gasteiger partial charge on any atom is 0.279 e. The topological polar surface area (TPSA) is 76.7 Å². The van der Waals surface area contributed by atoms with Gasteiger partial charge >= 0.3 is 0 Å². The van der Waals surface area contributed by atoms with Gasteiger partial charge in [0.1, 0.15) is 0 Å². The van der Waals surface area contributed by atoms with Gasteiger partial charge in [-0.3, -0.25) is 20.4 Å². The monoisotopic (exact) mass is 374 g/mol. The van der Waals surface area contributed by atoms with Gasteiger partial charge in [-0.2, -0.15) is 0 Å². The molecule has 0 aliphatic rings. The molecule has 0 spiro atoms. The maximum absolute atomic E-state index is 13.5. The lowest BCUT2D eigenvalue weighted by atomic mass is 10.1. The molecule has 27 heavy (non-hydrogen) atoms. The van der Waals surface area contributed by atoms with E-state index in [4.69, 9.17) is 9.47 Å². The SMILES string of the molecule is CC(C)OCc1ccc(C(=O)NNC(=O)[C@H](C)Oc2ccccc2F)cc1. The fourth-order valence-electron chi connectivity index (χ4n) is 2.09. The van der Waals surface area contributed by atoms with Crippen molar-refractivity contribution in [2.24, 2.45) is 0 Å². The van der Waals surface area contributed by atoms with E-state index in [1.807, 2.05) is 13.8 Å². The number of halogens is 1. The lowest BCUT2D eigenvalue weighted by Gasteiger charge is -2.15. The Kier molecular flexibility index (Phi) is 7.31. The van der Waals surface area contributed by atoms with Crippen molar-refractivity contribution in [3.8, 4) is 5.75 Å². The fourth-order valence-corrected chi connectivity index (χ4v) is 2.09. The van der Waals surface area contributed by atoms with Gasteiger partial charge in [0.15, 0.2) is 17.7 Å². The summed E-state index contributed by atoms with van der Waals surface area (Å²) in [6.07, 6.45) is -0.866. The van der Waals surface area contributed by atoms with Crippen molar-refractivity contribution < 1.29 is 23.5 Å². The van der Waals surface area contributed by atoms with Crippen LogP contribution in [0.5, 0.6) is 5.75 Å². The first-order valence-electron chi connectivity index (χ1n) is 8.58. The van der Waals surface area contributed by atoms with Crippen LogP contribution in [0.25, 0.3) is 0 Å². The fraction of sp³-hybridized carbons (Fsp3) is 0.300. The predicted molar refractivity (Wildman–Crippen MR) is 98.5 cm³/mol. The molecule has 0 aliphatic carbocycles. The summed E-state index contributed by atoms with van der Waals surface area (Å²) in [6.45, 7) is 5.81. The van der Waals surface area contributed by atoms with Gasteiger partial charge in [-0.15, -0.1) is 0 Å². The highest BCUT2D eigenvalue weighted by atomic mass is 19.1. The summed E-state index contributed by atoms with van der Waals surface area (Å²) in [7, 11) is 0. The number of benzene rings is 2. The summed E-state index contributed by atoms with van der Waals surface area (Å²) in [5, 5.41) is 0. The Morgan fingerprint density at radius 1 is 1.00 bits per heavy atom. The van der Waals surface area contributed by atoms with Gasteiger partial charge in [0.05, 0.1) is 12.7 Å². The standard InChI is InChI=1S/C20H23FN2O4/c1-13(2)26-12-15-8-10-16(11-9-15)20(25)23-22-19(24)14(3)27-18-7-5-4-6-17(18)21/h4-11,13-14H,12H2,1-3H3,(H,22,24)(H,23,25)/t14-/m0/s1. The van der Waals surface area contributed by atoms with E-state index < -0.39 is 23.7 Å². The molecule has 0 aliphatic heterocycles. The smallest absolute Gasteiger partial charge is 0.279 e. The summed E-state index contributed by atoms with van der Waals surface area (Å²) in [5.74, 6) is -1.68. The zero-order valence-corrected chi connectivity index (χ0v) is 15.5. The van der Waals surface area contributed by atoms with Gasteiger partial charge in [-0.1, -0.05) is 24.3 Å². The minimum atomic E-state index is -0.988. The summed E-state index contributed by atoms with van der Waals surface area (Å²) in [6, 6.07) is 12.6. The number of nitrogens with one attached hydrogen (secondary N) is 2. The molecule has 0 aromatic heterocycles. The molecule has 0 unspecified atom stereocenters. The number of para-hydroxylation sites is 1. The van der Waals surface area contributed by atoms with Crippen molar-refractivity contribution in [2.75, 3.05) is 0 Å². The number of hydrogen-bond acceptors (Lipinski definition) is 4. The average molecular weight is 374 g/mol. The third-order valence-corrected chi connectivity index (χ3v) is 3.61. The Bertz CT molecular complexity index is 778. The number of carbonyl (C=O) groups excluding carboxylic acids is 2.